The van der Waals surface area contributed by atoms with Crippen molar-refractivity contribution >= 4 is 27.2 Å². The first kappa shape index (κ1) is 15.9. The fraction of sp³-hybridized carbons (Fsp3) is 0.364. The van der Waals surface area contributed by atoms with Crippen LogP contribution in [0.2, 0.25) is 0 Å². The minimum absolute atomic E-state index is 0.0396. The molecule has 8 heteroatoms. The van der Waals surface area contributed by atoms with E-state index >= 15 is 0 Å². The summed E-state index contributed by atoms with van der Waals surface area (Å²) in [5.74, 6) is -1.88. The number of sulfonamides is 1. The van der Waals surface area contributed by atoms with Crippen LogP contribution in [0.3, 0.4) is 0 Å². The van der Waals surface area contributed by atoms with Crippen LogP contribution in [-0.2, 0) is 10.0 Å². The molecule has 0 heterocycles. The first-order chi connectivity index (χ1) is 8.77. The Morgan fingerprint density at radius 1 is 1.47 bits per heavy atom. The maximum atomic E-state index is 13.5. The Morgan fingerprint density at radius 3 is 2.63 bits per heavy atom. The Balaban J connectivity index is 3.10. The molecule has 4 nitrogen and oxygen atoms in total. The number of hydrogen-bond donors (Lipinski definition) is 2. The van der Waals surface area contributed by atoms with Crippen molar-refractivity contribution in [2.75, 3.05) is 0 Å². The second kappa shape index (κ2) is 6.36. The van der Waals surface area contributed by atoms with Gasteiger partial charge in [0.1, 0.15) is 16.5 Å². The van der Waals surface area contributed by atoms with Gasteiger partial charge in [-0.3, -0.25) is 0 Å². The van der Waals surface area contributed by atoms with Crippen molar-refractivity contribution in [3.05, 3.63) is 29.8 Å². The molecule has 19 heavy (non-hydrogen) atoms. The first-order valence-electron chi connectivity index (χ1n) is 5.54. The number of benzene rings is 1. The van der Waals surface area contributed by atoms with Gasteiger partial charge in [0.2, 0.25) is 10.0 Å². The topological polar surface area (TPSA) is 72.2 Å². The van der Waals surface area contributed by atoms with E-state index in [2.05, 4.69) is 4.72 Å². The normalized spacial score (nSPS) is 13.2. The monoisotopic (exact) mass is 308 g/mol. The van der Waals surface area contributed by atoms with Crippen LogP contribution < -0.4 is 10.5 Å². The van der Waals surface area contributed by atoms with Crippen LogP contribution in [-0.4, -0.2) is 19.4 Å². The van der Waals surface area contributed by atoms with Crippen LogP contribution in [0.4, 0.5) is 8.78 Å². The van der Waals surface area contributed by atoms with Crippen molar-refractivity contribution in [3.63, 3.8) is 0 Å². The summed E-state index contributed by atoms with van der Waals surface area (Å²) in [6.45, 7) is 1.82. The predicted molar refractivity (Wildman–Crippen MR) is 72.2 cm³/mol. The number of halogens is 2. The highest BCUT2D eigenvalue weighted by atomic mass is 32.2. The third kappa shape index (κ3) is 4.19. The molecule has 3 N–H and O–H groups in total. The van der Waals surface area contributed by atoms with E-state index in [1.807, 2.05) is 6.92 Å². The van der Waals surface area contributed by atoms with E-state index in [9.17, 15) is 17.2 Å². The van der Waals surface area contributed by atoms with Gasteiger partial charge in [-0.25, -0.2) is 21.9 Å². The summed E-state index contributed by atoms with van der Waals surface area (Å²) in [6.07, 6.45) is 1.02. The van der Waals surface area contributed by atoms with Crippen molar-refractivity contribution < 1.29 is 17.2 Å². The zero-order valence-corrected chi connectivity index (χ0v) is 11.8. The molecule has 1 aromatic carbocycles. The SMILES string of the molecule is CCCC(NS(=O)(=O)c1cc(F)ccc1F)C(N)=S. The molecule has 0 spiro atoms. The molecule has 0 saturated carbocycles. The van der Waals surface area contributed by atoms with Crippen molar-refractivity contribution in [1.82, 2.24) is 4.72 Å². The molecule has 0 aromatic heterocycles. The fourth-order valence-electron chi connectivity index (χ4n) is 1.48. The Bertz CT molecular complexity index is 576. The van der Waals surface area contributed by atoms with Gasteiger partial charge >= 0.3 is 0 Å². The second-order valence-electron chi connectivity index (χ2n) is 3.94. The molecule has 0 saturated heterocycles. The molecule has 0 radical (unpaired) electrons. The second-order valence-corrected chi connectivity index (χ2v) is 6.09. The van der Waals surface area contributed by atoms with E-state index in [1.54, 1.807) is 0 Å². The van der Waals surface area contributed by atoms with E-state index < -0.39 is 32.6 Å². The lowest BCUT2D eigenvalue weighted by Crippen LogP contribution is -2.43. The number of hydrogen-bond acceptors (Lipinski definition) is 3. The Morgan fingerprint density at radius 2 is 2.11 bits per heavy atom. The molecule has 1 rings (SSSR count). The summed E-state index contributed by atoms with van der Waals surface area (Å²) in [7, 11) is -4.21. The molecule has 1 aromatic rings. The van der Waals surface area contributed by atoms with Gasteiger partial charge in [0.25, 0.3) is 0 Å². The molecule has 0 amide bonds. The van der Waals surface area contributed by atoms with Gasteiger partial charge in [-0.2, -0.15) is 0 Å². The van der Waals surface area contributed by atoms with E-state index in [4.69, 9.17) is 18.0 Å². The molecule has 1 unspecified atom stereocenters. The molecule has 0 aliphatic heterocycles. The van der Waals surface area contributed by atoms with E-state index in [1.165, 1.54) is 0 Å². The Labute approximate surface area is 116 Å². The molecule has 0 aliphatic rings. The van der Waals surface area contributed by atoms with Gasteiger partial charge in [-0.15, -0.1) is 0 Å². The number of thiocarbonyl (C=S) groups is 1. The summed E-state index contributed by atoms with van der Waals surface area (Å²) in [5.41, 5.74) is 5.41. The molecule has 0 aliphatic carbocycles. The quantitative estimate of drug-likeness (QED) is 0.785. The summed E-state index contributed by atoms with van der Waals surface area (Å²) < 4.78 is 52.6. The van der Waals surface area contributed by atoms with Gasteiger partial charge < -0.3 is 5.73 Å². The van der Waals surface area contributed by atoms with Gasteiger partial charge in [-0.1, -0.05) is 25.6 Å². The molecular weight excluding hydrogens is 294 g/mol. The standard InChI is InChI=1S/C11H14F2N2O2S2/c1-2-3-9(11(14)18)15-19(16,17)10-6-7(12)4-5-8(10)13/h4-6,9,15H,2-3H2,1H3,(H2,14,18). The average molecular weight is 308 g/mol. The van der Waals surface area contributed by atoms with Crippen LogP contribution in [0.25, 0.3) is 0 Å². The fourth-order valence-corrected chi connectivity index (χ4v) is 3.07. The first-order valence-corrected chi connectivity index (χ1v) is 7.43. The van der Waals surface area contributed by atoms with Crippen molar-refractivity contribution in [2.24, 2.45) is 5.73 Å². The van der Waals surface area contributed by atoms with Crippen LogP contribution in [0.5, 0.6) is 0 Å². The van der Waals surface area contributed by atoms with Crippen molar-refractivity contribution in [2.45, 2.75) is 30.7 Å². The van der Waals surface area contributed by atoms with Crippen molar-refractivity contribution in [3.8, 4) is 0 Å². The minimum Gasteiger partial charge on any atom is -0.392 e. The van der Waals surface area contributed by atoms with Crippen LogP contribution >= 0.6 is 12.2 Å². The summed E-state index contributed by atoms with van der Waals surface area (Å²) in [6, 6.07) is 1.42. The van der Waals surface area contributed by atoms with E-state index in [-0.39, 0.29) is 4.99 Å². The highest BCUT2D eigenvalue weighted by Gasteiger charge is 2.24. The van der Waals surface area contributed by atoms with Gasteiger partial charge in [0.05, 0.1) is 11.0 Å². The van der Waals surface area contributed by atoms with E-state index in [0.717, 1.165) is 12.1 Å². The van der Waals surface area contributed by atoms with E-state index in [0.29, 0.717) is 18.9 Å². The highest BCUT2D eigenvalue weighted by Crippen LogP contribution is 2.16. The average Bonchev–Trinajstić information content (AvgIpc) is 2.31. The molecular formula is C11H14F2N2O2S2. The highest BCUT2D eigenvalue weighted by molar-refractivity contribution is 7.89. The smallest absolute Gasteiger partial charge is 0.244 e. The zero-order valence-electron chi connectivity index (χ0n) is 10.2. The van der Waals surface area contributed by atoms with Crippen molar-refractivity contribution in [1.29, 1.82) is 0 Å². The summed E-state index contributed by atoms with van der Waals surface area (Å²) in [5, 5.41) is 0. The van der Waals surface area contributed by atoms with Gasteiger partial charge in [-0.05, 0) is 24.6 Å². The summed E-state index contributed by atoms with van der Waals surface area (Å²) >= 11 is 4.74. The number of nitrogens with one attached hydrogen (secondary N) is 1. The Kier molecular flexibility index (Phi) is 5.33. The summed E-state index contributed by atoms with van der Waals surface area (Å²) in [4.78, 5) is -0.799. The maximum Gasteiger partial charge on any atom is 0.244 e. The predicted octanol–water partition coefficient (Wildman–Crippen LogP) is 1.70. The number of nitrogens with two attached hydrogens (primary N) is 1. The Hall–Kier alpha value is -1.12. The zero-order chi connectivity index (χ0) is 14.6. The lowest BCUT2D eigenvalue weighted by atomic mass is 10.2. The third-order valence-corrected chi connectivity index (χ3v) is 4.17. The third-order valence-electron chi connectivity index (χ3n) is 2.40. The molecule has 106 valence electrons. The number of rotatable bonds is 6. The van der Waals surface area contributed by atoms with Crippen LogP contribution in [0.15, 0.2) is 23.1 Å². The lowest BCUT2D eigenvalue weighted by molar-refractivity contribution is 0.539. The largest absolute Gasteiger partial charge is 0.392 e. The molecule has 1 atom stereocenters. The van der Waals surface area contributed by atoms with Gasteiger partial charge in [0, 0.05) is 0 Å². The maximum absolute atomic E-state index is 13.5. The lowest BCUT2D eigenvalue weighted by Gasteiger charge is -2.17. The van der Waals surface area contributed by atoms with Crippen LogP contribution in [0.1, 0.15) is 19.8 Å². The van der Waals surface area contributed by atoms with Gasteiger partial charge in [0.15, 0.2) is 0 Å². The minimum atomic E-state index is -4.21. The molecule has 0 bridgehead atoms. The molecule has 0 fully saturated rings. The van der Waals surface area contributed by atoms with Crippen LogP contribution in [0, 0.1) is 11.6 Å².